The zero-order valence-corrected chi connectivity index (χ0v) is 13.6. The number of nitrogens with zero attached hydrogens (tertiary/aromatic N) is 5. The molecule has 7 nitrogen and oxygen atoms in total. The van der Waals surface area contributed by atoms with Crippen LogP contribution in [0.5, 0.6) is 10.9 Å². The third-order valence-corrected chi connectivity index (χ3v) is 4.63. The van der Waals surface area contributed by atoms with Crippen molar-refractivity contribution in [1.29, 1.82) is 0 Å². The van der Waals surface area contributed by atoms with Crippen LogP contribution in [0, 0.1) is 0 Å². The standard InChI is InChI=1S/C16H15N5O2S/c22-15(20-8-5-13(11-20)21-9-6-18-19-21)12-1-3-14(4-2-12)23-16-17-7-10-24-16/h1-4,6-7,9-10,13H,5,8,11H2. The highest BCUT2D eigenvalue weighted by molar-refractivity contribution is 7.11. The summed E-state index contributed by atoms with van der Waals surface area (Å²) in [6, 6.07) is 7.35. The van der Waals surface area contributed by atoms with Gasteiger partial charge in [0.15, 0.2) is 0 Å². The van der Waals surface area contributed by atoms with Crippen molar-refractivity contribution < 1.29 is 9.53 Å². The normalized spacial score (nSPS) is 17.2. The fourth-order valence-corrected chi connectivity index (χ4v) is 3.27. The van der Waals surface area contributed by atoms with Gasteiger partial charge in [-0.15, -0.1) is 5.10 Å². The molecule has 3 aromatic rings. The van der Waals surface area contributed by atoms with Crippen LogP contribution < -0.4 is 4.74 Å². The zero-order valence-electron chi connectivity index (χ0n) is 12.8. The summed E-state index contributed by atoms with van der Waals surface area (Å²) >= 11 is 1.43. The molecule has 1 aromatic carbocycles. The summed E-state index contributed by atoms with van der Waals surface area (Å²) in [6.45, 7) is 1.38. The molecule has 3 heterocycles. The van der Waals surface area contributed by atoms with Crippen LogP contribution in [0.15, 0.2) is 48.2 Å². The molecule has 122 valence electrons. The van der Waals surface area contributed by atoms with Crippen LogP contribution in [0.2, 0.25) is 0 Å². The number of carbonyl (C=O) groups is 1. The van der Waals surface area contributed by atoms with Gasteiger partial charge < -0.3 is 9.64 Å². The molecule has 2 aromatic heterocycles. The highest BCUT2D eigenvalue weighted by Crippen LogP contribution is 2.25. The molecule has 1 atom stereocenters. The number of hydrogen-bond acceptors (Lipinski definition) is 6. The number of amides is 1. The molecule has 4 rings (SSSR count). The van der Waals surface area contributed by atoms with Crippen LogP contribution in [-0.2, 0) is 0 Å². The largest absolute Gasteiger partial charge is 0.431 e. The lowest BCUT2D eigenvalue weighted by molar-refractivity contribution is 0.0787. The summed E-state index contributed by atoms with van der Waals surface area (Å²) < 4.78 is 7.43. The average molecular weight is 341 g/mol. The first-order chi connectivity index (χ1) is 11.8. The Morgan fingerprint density at radius 1 is 1.25 bits per heavy atom. The Balaban J connectivity index is 1.41. The topological polar surface area (TPSA) is 73.1 Å². The molecular formula is C16H15N5O2S. The van der Waals surface area contributed by atoms with Gasteiger partial charge in [-0.25, -0.2) is 9.67 Å². The van der Waals surface area contributed by atoms with Crippen molar-refractivity contribution in [2.24, 2.45) is 0 Å². The fraction of sp³-hybridized carbons (Fsp3) is 0.250. The minimum absolute atomic E-state index is 0.0263. The van der Waals surface area contributed by atoms with Crippen LogP contribution in [0.4, 0.5) is 0 Å². The Labute approximate surface area is 142 Å². The minimum atomic E-state index is 0.0263. The Bertz CT molecular complexity index is 802. The van der Waals surface area contributed by atoms with Crippen LogP contribution in [0.3, 0.4) is 0 Å². The maximum atomic E-state index is 12.6. The highest BCUT2D eigenvalue weighted by Gasteiger charge is 2.28. The second kappa shape index (κ2) is 6.40. The van der Waals surface area contributed by atoms with E-state index >= 15 is 0 Å². The Morgan fingerprint density at radius 3 is 2.83 bits per heavy atom. The van der Waals surface area contributed by atoms with Gasteiger partial charge in [-0.3, -0.25) is 4.79 Å². The smallest absolute Gasteiger partial charge is 0.278 e. The van der Waals surface area contributed by atoms with Gasteiger partial charge in [-0.05, 0) is 30.7 Å². The molecule has 1 fully saturated rings. The Hall–Kier alpha value is -2.74. The first-order valence-electron chi connectivity index (χ1n) is 7.62. The number of likely N-dealkylation sites (tertiary alicyclic amines) is 1. The van der Waals surface area contributed by atoms with Gasteiger partial charge >= 0.3 is 0 Å². The zero-order chi connectivity index (χ0) is 16.4. The number of ether oxygens (including phenoxy) is 1. The molecule has 0 radical (unpaired) electrons. The number of aromatic nitrogens is 4. The summed E-state index contributed by atoms with van der Waals surface area (Å²) in [5, 5.41) is 10.3. The van der Waals surface area contributed by atoms with Crippen molar-refractivity contribution in [1.82, 2.24) is 24.9 Å². The summed E-state index contributed by atoms with van der Waals surface area (Å²) in [5.74, 6) is 0.696. The van der Waals surface area contributed by atoms with Gasteiger partial charge in [0, 0.05) is 36.4 Å². The molecule has 1 aliphatic heterocycles. The van der Waals surface area contributed by atoms with Crippen molar-refractivity contribution in [2.45, 2.75) is 12.5 Å². The van der Waals surface area contributed by atoms with E-state index < -0.39 is 0 Å². The monoisotopic (exact) mass is 341 g/mol. The third kappa shape index (κ3) is 3.00. The summed E-state index contributed by atoms with van der Waals surface area (Å²) in [7, 11) is 0. The lowest BCUT2D eigenvalue weighted by atomic mass is 10.2. The number of thiazole rings is 1. The van der Waals surface area contributed by atoms with Gasteiger partial charge in [-0.2, -0.15) is 0 Å². The van der Waals surface area contributed by atoms with Crippen molar-refractivity contribution in [3.05, 3.63) is 53.8 Å². The first-order valence-corrected chi connectivity index (χ1v) is 8.50. The third-order valence-electron chi connectivity index (χ3n) is 3.98. The average Bonchev–Trinajstić information content (AvgIpc) is 3.36. The second-order valence-electron chi connectivity index (χ2n) is 5.50. The Kier molecular flexibility index (Phi) is 3.96. The van der Waals surface area contributed by atoms with Gasteiger partial charge in [0.05, 0.1) is 12.2 Å². The van der Waals surface area contributed by atoms with Crippen molar-refractivity contribution in [2.75, 3.05) is 13.1 Å². The second-order valence-corrected chi connectivity index (χ2v) is 6.36. The molecular weight excluding hydrogens is 326 g/mol. The molecule has 0 spiro atoms. The van der Waals surface area contributed by atoms with E-state index in [-0.39, 0.29) is 11.9 Å². The van der Waals surface area contributed by atoms with Gasteiger partial charge in [-0.1, -0.05) is 16.6 Å². The molecule has 0 aliphatic carbocycles. The predicted octanol–water partition coefficient (Wildman–Crippen LogP) is 2.61. The van der Waals surface area contributed by atoms with Crippen LogP contribution in [0.1, 0.15) is 22.8 Å². The van der Waals surface area contributed by atoms with E-state index in [9.17, 15) is 4.79 Å². The Morgan fingerprint density at radius 2 is 2.12 bits per heavy atom. The molecule has 24 heavy (non-hydrogen) atoms. The quantitative estimate of drug-likeness (QED) is 0.729. The SMILES string of the molecule is O=C(c1ccc(Oc2nccs2)cc1)N1CCC(n2ccnn2)C1. The molecule has 1 unspecified atom stereocenters. The summed E-state index contributed by atoms with van der Waals surface area (Å²) in [5.41, 5.74) is 0.653. The molecule has 1 saturated heterocycles. The number of rotatable bonds is 4. The number of hydrogen-bond donors (Lipinski definition) is 0. The minimum Gasteiger partial charge on any atom is -0.431 e. The molecule has 1 amide bonds. The van der Waals surface area contributed by atoms with E-state index in [2.05, 4.69) is 15.3 Å². The summed E-state index contributed by atoms with van der Waals surface area (Å²) in [4.78, 5) is 18.5. The van der Waals surface area contributed by atoms with Crippen molar-refractivity contribution >= 4 is 17.2 Å². The van der Waals surface area contributed by atoms with Crippen LogP contribution >= 0.6 is 11.3 Å². The van der Waals surface area contributed by atoms with E-state index in [0.717, 1.165) is 13.0 Å². The predicted molar refractivity (Wildman–Crippen MR) is 88.2 cm³/mol. The molecule has 0 saturated carbocycles. The maximum absolute atomic E-state index is 12.6. The molecule has 1 aliphatic rings. The van der Waals surface area contributed by atoms with Crippen LogP contribution in [0.25, 0.3) is 0 Å². The van der Waals surface area contributed by atoms with E-state index in [1.54, 1.807) is 36.7 Å². The fourth-order valence-electron chi connectivity index (χ4n) is 2.76. The van der Waals surface area contributed by atoms with Gasteiger partial charge in [0.1, 0.15) is 5.75 Å². The van der Waals surface area contributed by atoms with Gasteiger partial charge in [0.2, 0.25) is 0 Å². The molecule has 8 heteroatoms. The lowest BCUT2D eigenvalue weighted by Gasteiger charge is -2.16. The summed E-state index contributed by atoms with van der Waals surface area (Å²) in [6.07, 6.45) is 6.08. The highest BCUT2D eigenvalue weighted by atomic mass is 32.1. The van der Waals surface area contributed by atoms with Gasteiger partial charge in [0.25, 0.3) is 11.1 Å². The molecule has 0 N–H and O–H groups in total. The lowest BCUT2D eigenvalue weighted by Crippen LogP contribution is -2.29. The van der Waals surface area contributed by atoms with E-state index in [4.69, 9.17) is 4.74 Å². The first kappa shape index (κ1) is 14.8. The van der Waals surface area contributed by atoms with Crippen molar-refractivity contribution in [3.63, 3.8) is 0 Å². The number of carbonyl (C=O) groups excluding carboxylic acids is 1. The maximum Gasteiger partial charge on any atom is 0.278 e. The van der Waals surface area contributed by atoms with E-state index in [1.165, 1.54) is 11.3 Å². The molecule has 0 bridgehead atoms. The van der Waals surface area contributed by atoms with Crippen molar-refractivity contribution in [3.8, 4) is 10.9 Å². The van der Waals surface area contributed by atoms with E-state index in [1.807, 2.05) is 21.2 Å². The van der Waals surface area contributed by atoms with E-state index in [0.29, 0.717) is 23.1 Å². The van der Waals surface area contributed by atoms with Crippen LogP contribution in [-0.4, -0.2) is 43.9 Å². The number of benzene rings is 1.